The smallest absolute Gasteiger partial charge is 0.120 e. The van der Waals surface area contributed by atoms with Crippen molar-refractivity contribution in [3.8, 4) is 5.75 Å². The normalized spacial score (nSPS) is 12.2. The van der Waals surface area contributed by atoms with Crippen molar-refractivity contribution >= 4 is 47.8 Å². The van der Waals surface area contributed by atoms with Gasteiger partial charge in [0.05, 0.1) is 11.4 Å². The van der Waals surface area contributed by atoms with Gasteiger partial charge in [0.1, 0.15) is 5.75 Å². The van der Waals surface area contributed by atoms with Gasteiger partial charge >= 0.3 is 0 Å². The zero-order chi connectivity index (χ0) is 14.7. The largest absolute Gasteiger partial charge is 0.494 e. The van der Waals surface area contributed by atoms with Crippen LogP contribution in [0.5, 0.6) is 5.75 Å². The van der Waals surface area contributed by atoms with Gasteiger partial charge in [0, 0.05) is 8.95 Å². The molecule has 2 rings (SSSR count). The van der Waals surface area contributed by atoms with Gasteiger partial charge in [-0.2, -0.15) is 0 Å². The van der Waals surface area contributed by atoms with Gasteiger partial charge < -0.3 is 4.74 Å². The molecule has 0 aliphatic carbocycles. The molecule has 0 aliphatic heterocycles. The molecule has 1 nitrogen and oxygen atoms in total. The molecule has 0 aromatic heterocycles. The van der Waals surface area contributed by atoms with Crippen LogP contribution in [-0.4, -0.2) is 6.61 Å². The lowest BCUT2D eigenvalue weighted by Gasteiger charge is -2.16. The average molecular weight is 463 g/mol. The summed E-state index contributed by atoms with van der Waals surface area (Å²) >= 11 is 11.1. The fourth-order valence-corrected chi connectivity index (χ4v) is 4.70. The fourth-order valence-electron chi connectivity index (χ4n) is 1.98. The molecule has 0 amide bonds. The van der Waals surface area contributed by atoms with Crippen LogP contribution < -0.4 is 4.74 Å². The number of hydrogen-bond acceptors (Lipinski definition) is 1. The SMILES string of the molecule is CCOc1ccc(C(Br)c2ccc(C)cc2Br)c(Br)c1. The van der Waals surface area contributed by atoms with E-state index in [-0.39, 0.29) is 4.83 Å². The van der Waals surface area contributed by atoms with Crippen molar-refractivity contribution in [1.82, 2.24) is 0 Å². The highest BCUT2D eigenvalue weighted by atomic mass is 79.9. The maximum absolute atomic E-state index is 5.51. The van der Waals surface area contributed by atoms with Gasteiger partial charge in [0.2, 0.25) is 0 Å². The molecular formula is C16H15Br3O. The first kappa shape index (κ1) is 16.1. The molecule has 1 atom stereocenters. The fraction of sp³-hybridized carbons (Fsp3) is 0.250. The van der Waals surface area contributed by atoms with E-state index in [0.29, 0.717) is 6.61 Å². The van der Waals surface area contributed by atoms with E-state index in [1.807, 2.05) is 19.1 Å². The standard InChI is InChI=1S/C16H15Br3O/c1-3-20-11-5-7-13(15(18)9-11)16(19)12-6-4-10(2)8-14(12)17/h4-9,16H,3H2,1-2H3. The van der Waals surface area contributed by atoms with Crippen molar-refractivity contribution in [3.63, 3.8) is 0 Å². The van der Waals surface area contributed by atoms with Crippen LogP contribution in [0.4, 0.5) is 0 Å². The lowest BCUT2D eigenvalue weighted by Crippen LogP contribution is -1.97. The molecule has 0 radical (unpaired) electrons. The Labute approximate surface area is 145 Å². The van der Waals surface area contributed by atoms with Crippen molar-refractivity contribution in [2.24, 2.45) is 0 Å². The number of alkyl halides is 1. The molecular weight excluding hydrogens is 448 g/mol. The molecule has 0 spiro atoms. The first-order valence-electron chi connectivity index (χ1n) is 6.35. The molecule has 106 valence electrons. The number of ether oxygens (including phenoxy) is 1. The topological polar surface area (TPSA) is 9.23 Å². The van der Waals surface area contributed by atoms with Crippen molar-refractivity contribution in [2.45, 2.75) is 18.7 Å². The zero-order valence-electron chi connectivity index (χ0n) is 11.3. The monoisotopic (exact) mass is 460 g/mol. The maximum Gasteiger partial charge on any atom is 0.120 e. The molecule has 0 heterocycles. The predicted molar refractivity (Wildman–Crippen MR) is 95.0 cm³/mol. The van der Waals surface area contributed by atoms with Crippen LogP contribution in [0.3, 0.4) is 0 Å². The summed E-state index contributed by atoms with van der Waals surface area (Å²) in [5, 5.41) is 0. The van der Waals surface area contributed by atoms with E-state index in [4.69, 9.17) is 4.74 Å². The van der Waals surface area contributed by atoms with E-state index in [0.717, 1.165) is 14.7 Å². The molecule has 1 unspecified atom stereocenters. The molecule has 0 saturated heterocycles. The van der Waals surface area contributed by atoms with E-state index < -0.39 is 0 Å². The number of halogens is 3. The van der Waals surface area contributed by atoms with Crippen LogP contribution in [0.1, 0.15) is 28.4 Å². The van der Waals surface area contributed by atoms with Gasteiger partial charge in [-0.25, -0.2) is 0 Å². The Balaban J connectivity index is 2.35. The molecule has 2 aromatic rings. The summed E-state index contributed by atoms with van der Waals surface area (Å²) in [6, 6.07) is 12.5. The van der Waals surface area contributed by atoms with Gasteiger partial charge in [-0.15, -0.1) is 0 Å². The summed E-state index contributed by atoms with van der Waals surface area (Å²) in [6.07, 6.45) is 0. The number of hydrogen-bond donors (Lipinski definition) is 0. The lowest BCUT2D eigenvalue weighted by atomic mass is 10.0. The van der Waals surface area contributed by atoms with Crippen molar-refractivity contribution in [1.29, 1.82) is 0 Å². The second kappa shape index (κ2) is 7.10. The third-order valence-corrected chi connectivity index (χ3v) is 5.34. The Morgan fingerprint density at radius 1 is 1.00 bits per heavy atom. The average Bonchev–Trinajstić information content (AvgIpc) is 2.38. The van der Waals surface area contributed by atoms with Crippen LogP contribution >= 0.6 is 47.8 Å². The maximum atomic E-state index is 5.51. The van der Waals surface area contributed by atoms with E-state index in [1.165, 1.54) is 16.7 Å². The minimum absolute atomic E-state index is 0.127. The Morgan fingerprint density at radius 3 is 2.15 bits per heavy atom. The predicted octanol–water partition coefficient (Wildman–Crippen LogP) is 6.40. The van der Waals surface area contributed by atoms with Crippen LogP contribution in [0, 0.1) is 6.92 Å². The first-order valence-corrected chi connectivity index (χ1v) is 8.85. The zero-order valence-corrected chi connectivity index (χ0v) is 16.0. The van der Waals surface area contributed by atoms with E-state index in [2.05, 4.69) is 79.0 Å². The Bertz CT molecular complexity index is 611. The van der Waals surface area contributed by atoms with E-state index in [1.54, 1.807) is 0 Å². The van der Waals surface area contributed by atoms with Crippen LogP contribution in [-0.2, 0) is 0 Å². The summed E-state index contributed by atoms with van der Waals surface area (Å²) in [5.41, 5.74) is 3.63. The Morgan fingerprint density at radius 2 is 1.60 bits per heavy atom. The van der Waals surface area contributed by atoms with Crippen LogP contribution in [0.15, 0.2) is 45.3 Å². The number of aryl methyl sites for hydroxylation is 1. The van der Waals surface area contributed by atoms with Gasteiger partial charge in [-0.1, -0.05) is 66.0 Å². The molecule has 2 aromatic carbocycles. The Hall–Kier alpha value is -0.320. The minimum Gasteiger partial charge on any atom is -0.494 e. The third-order valence-electron chi connectivity index (χ3n) is 2.98. The molecule has 20 heavy (non-hydrogen) atoms. The number of benzene rings is 2. The first-order chi connectivity index (χ1) is 9.52. The summed E-state index contributed by atoms with van der Waals surface area (Å²) < 4.78 is 7.66. The van der Waals surface area contributed by atoms with Crippen molar-refractivity contribution in [2.75, 3.05) is 6.61 Å². The molecule has 0 bridgehead atoms. The Kier molecular flexibility index (Phi) is 5.70. The van der Waals surface area contributed by atoms with Crippen molar-refractivity contribution in [3.05, 3.63) is 62.0 Å². The molecule has 0 saturated carbocycles. The summed E-state index contributed by atoms with van der Waals surface area (Å²) in [5.74, 6) is 0.880. The molecule has 0 fully saturated rings. The third kappa shape index (κ3) is 3.66. The van der Waals surface area contributed by atoms with E-state index >= 15 is 0 Å². The molecule has 4 heteroatoms. The highest BCUT2D eigenvalue weighted by Gasteiger charge is 2.16. The minimum atomic E-state index is 0.127. The van der Waals surface area contributed by atoms with Gasteiger partial charge in [0.15, 0.2) is 0 Å². The summed E-state index contributed by atoms with van der Waals surface area (Å²) in [4.78, 5) is 0.127. The lowest BCUT2D eigenvalue weighted by molar-refractivity contribution is 0.340. The summed E-state index contributed by atoms with van der Waals surface area (Å²) in [7, 11) is 0. The van der Waals surface area contributed by atoms with Crippen molar-refractivity contribution < 1.29 is 4.74 Å². The van der Waals surface area contributed by atoms with Crippen LogP contribution in [0.2, 0.25) is 0 Å². The quantitative estimate of drug-likeness (QED) is 0.477. The van der Waals surface area contributed by atoms with Gasteiger partial charge in [-0.3, -0.25) is 0 Å². The van der Waals surface area contributed by atoms with Gasteiger partial charge in [0.25, 0.3) is 0 Å². The highest BCUT2D eigenvalue weighted by Crippen LogP contribution is 2.40. The number of rotatable bonds is 4. The van der Waals surface area contributed by atoms with Crippen LogP contribution in [0.25, 0.3) is 0 Å². The molecule has 0 N–H and O–H groups in total. The van der Waals surface area contributed by atoms with E-state index in [9.17, 15) is 0 Å². The summed E-state index contributed by atoms with van der Waals surface area (Å²) in [6.45, 7) is 4.75. The van der Waals surface area contributed by atoms with Gasteiger partial charge in [-0.05, 0) is 48.7 Å². The second-order valence-electron chi connectivity index (χ2n) is 4.50. The molecule has 0 aliphatic rings. The highest BCUT2D eigenvalue weighted by molar-refractivity contribution is 9.11. The second-order valence-corrected chi connectivity index (χ2v) is 7.13.